The molecule has 0 saturated carbocycles. The number of carbonyl (C=O) groups is 2. The van der Waals surface area contributed by atoms with Gasteiger partial charge in [-0.05, 0) is 12.5 Å². The summed E-state index contributed by atoms with van der Waals surface area (Å²) in [5, 5.41) is 2.79. The van der Waals surface area contributed by atoms with Gasteiger partial charge in [-0.2, -0.15) is 0 Å². The second kappa shape index (κ2) is 11.0. The lowest BCUT2D eigenvalue weighted by Crippen LogP contribution is -2.37. The summed E-state index contributed by atoms with van der Waals surface area (Å²) in [4.78, 5) is 26.0. The summed E-state index contributed by atoms with van der Waals surface area (Å²) in [5.74, 6) is -0.170. The maximum absolute atomic E-state index is 12.7. The van der Waals surface area contributed by atoms with Crippen LogP contribution in [0.3, 0.4) is 0 Å². The molecule has 4 nitrogen and oxygen atoms in total. The largest absolute Gasteiger partial charge is 0.341 e. The van der Waals surface area contributed by atoms with Crippen LogP contribution in [0.2, 0.25) is 0 Å². The van der Waals surface area contributed by atoms with Gasteiger partial charge in [0.1, 0.15) is 6.04 Å². The molecule has 1 aromatic carbocycles. The van der Waals surface area contributed by atoms with Gasteiger partial charge in [0.15, 0.2) is 0 Å². The fourth-order valence-electron chi connectivity index (χ4n) is 3.72. The van der Waals surface area contributed by atoms with E-state index in [0.717, 1.165) is 30.6 Å². The van der Waals surface area contributed by atoms with Crippen LogP contribution >= 0.6 is 0 Å². The standard InChI is InChI=1S/C22H34N2O2/c1-3-4-5-6-7-8-9-10-11-14-17-24-20-16-13-12-15-19(20)21(22(24)26)23-18(2)25/h12-13,15-16,21H,3-11,14,17H2,1-2H3,(H,23,25). The molecule has 0 spiro atoms. The topological polar surface area (TPSA) is 49.4 Å². The molecule has 144 valence electrons. The minimum absolute atomic E-state index is 0.00248. The lowest BCUT2D eigenvalue weighted by atomic mass is 10.1. The van der Waals surface area contributed by atoms with E-state index < -0.39 is 6.04 Å². The van der Waals surface area contributed by atoms with Crippen molar-refractivity contribution in [2.24, 2.45) is 0 Å². The smallest absolute Gasteiger partial charge is 0.254 e. The van der Waals surface area contributed by atoms with Gasteiger partial charge in [-0.3, -0.25) is 9.59 Å². The normalized spacial score (nSPS) is 16.0. The average Bonchev–Trinajstić information content (AvgIpc) is 2.88. The van der Waals surface area contributed by atoms with Crippen molar-refractivity contribution >= 4 is 17.5 Å². The Kier molecular flexibility index (Phi) is 8.66. The molecule has 0 saturated heterocycles. The summed E-state index contributed by atoms with van der Waals surface area (Å²) in [6.45, 7) is 4.45. The number of nitrogens with one attached hydrogen (secondary N) is 1. The van der Waals surface area contributed by atoms with E-state index in [-0.39, 0.29) is 11.8 Å². The number of fused-ring (bicyclic) bond motifs is 1. The van der Waals surface area contributed by atoms with Crippen molar-refractivity contribution in [2.45, 2.75) is 84.1 Å². The van der Waals surface area contributed by atoms with E-state index in [0.29, 0.717) is 0 Å². The molecule has 1 heterocycles. The molecule has 0 fully saturated rings. The molecule has 4 heteroatoms. The molecule has 0 bridgehead atoms. The number of hydrogen-bond donors (Lipinski definition) is 1. The second-order valence-electron chi connectivity index (χ2n) is 7.36. The molecular weight excluding hydrogens is 324 g/mol. The van der Waals surface area contributed by atoms with Crippen LogP contribution in [0.5, 0.6) is 0 Å². The zero-order chi connectivity index (χ0) is 18.8. The van der Waals surface area contributed by atoms with Crippen LogP contribution in [0.15, 0.2) is 24.3 Å². The fourth-order valence-corrected chi connectivity index (χ4v) is 3.72. The maximum Gasteiger partial charge on any atom is 0.254 e. The molecule has 26 heavy (non-hydrogen) atoms. The van der Waals surface area contributed by atoms with E-state index >= 15 is 0 Å². The Morgan fingerprint density at radius 3 is 2.15 bits per heavy atom. The van der Waals surface area contributed by atoms with Gasteiger partial charge in [0.2, 0.25) is 5.91 Å². The number of para-hydroxylation sites is 1. The molecular formula is C22H34N2O2. The molecule has 0 aromatic heterocycles. The number of amides is 2. The second-order valence-corrected chi connectivity index (χ2v) is 7.36. The predicted octanol–water partition coefficient (Wildman–Crippen LogP) is 5.13. The van der Waals surface area contributed by atoms with E-state index in [1.54, 1.807) is 0 Å². The highest BCUT2D eigenvalue weighted by Crippen LogP contribution is 2.35. The van der Waals surface area contributed by atoms with Crippen LogP contribution in [0.4, 0.5) is 5.69 Å². The number of carbonyl (C=O) groups excluding carboxylic acids is 2. The Morgan fingerprint density at radius 2 is 1.54 bits per heavy atom. The lowest BCUT2D eigenvalue weighted by Gasteiger charge is -2.18. The van der Waals surface area contributed by atoms with Crippen molar-refractivity contribution in [3.05, 3.63) is 29.8 Å². The maximum atomic E-state index is 12.7. The molecule has 0 aliphatic carbocycles. The highest BCUT2D eigenvalue weighted by molar-refractivity contribution is 6.06. The zero-order valence-electron chi connectivity index (χ0n) is 16.4. The fraction of sp³-hybridized carbons (Fsp3) is 0.636. The van der Waals surface area contributed by atoms with Crippen molar-refractivity contribution in [1.29, 1.82) is 0 Å². The zero-order valence-corrected chi connectivity index (χ0v) is 16.4. The molecule has 0 radical (unpaired) electrons. The van der Waals surface area contributed by atoms with Gasteiger partial charge in [0, 0.05) is 24.7 Å². The van der Waals surface area contributed by atoms with Crippen LogP contribution < -0.4 is 10.2 Å². The van der Waals surface area contributed by atoms with Crippen molar-refractivity contribution in [3.63, 3.8) is 0 Å². The number of hydrogen-bond acceptors (Lipinski definition) is 2. The highest BCUT2D eigenvalue weighted by atomic mass is 16.2. The number of unbranched alkanes of at least 4 members (excludes halogenated alkanes) is 9. The first kappa shape index (κ1) is 20.5. The molecule has 1 atom stereocenters. The van der Waals surface area contributed by atoms with Gasteiger partial charge >= 0.3 is 0 Å². The summed E-state index contributed by atoms with van der Waals surface area (Å²) >= 11 is 0. The summed E-state index contributed by atoms with van der Waals surface area (Å²) < 4.78 is 0. The molecule has 1 N–H and O–H groups in total. The van der Waals surface area contributed by atoms with Crippen molar-refractivity contribution in [2.75, 3.05) is 11.4 Å². The molecule has 1 aliphatic rings. The van der Waals surface area contributed by atoms with Crippen LogP contribution in [-0.4, -0.2) is 18.4 Å². The number of rotatable bonds is 12. The van der Waals surface area contributed by atoms with Crippen LogP contribution in [0, 0.1) is 0 Å². The lowest BCUT2D eigenvalue weighted by molar-refractivity contribution is -0.126. The SMILES string of the molecule is CCCCCCCCCCCCN1C(=O)C(NC(C)=O)c2ccccc21. The van der Waals surface area contributed by atoms with Crippen LogP contribution in [0.1, 0.15) is 89.7 Å². The predicted molar refractivity (Wildman–Crippen MR) is 107 cm³/mol. The first-order chi connectivity index (χ1) is 12.6. The number of nitrogens with zero attached hydrogens (tertiary/aromatic N) is 1. The summed E-state index contributed by atoms with van der Waals surface area (Å²) in [6, 6.07) is 7.27. The molecule has 1 aliphatic heterocycles. The average molecular weight is 359 g/mol. The van der Waals surface area contributed by atoms with Crippen molar-refractivity contribution in [3.8, 4) is 0 Å². The quantitative estimate of drug-likeness (QED) is 0.527. The van der Waals surface area contributed by atoms with E-state index in [1.165, 1.54) is 58.3 Å². The van der Waals surface area contributed by atoms with Crippen molar-refractivity contribution in [1.82, 2.24) is 5.32 Å². The summed E-state index contributed by atoms with van der Waals surface area (Å²) in [7, 11) is 0. The Morgan fingerprint density at radius 1 is 0.962 bits per heavy atom. The van der Waals surface area contributed by atoms with Crippen LogP contribution in [-0.2, 0) is 9.59 Å². The van der Waals surface area contributed by atoms with Crippen LogP contribution in [0.25, 0.3) is 0 Å². The molecule has 2 amide bonds. The summed E-state index contributed by atoms with van der Waals surface area (Å²) in [5.41, 5.74) is 1.87. The monoisotopic (exact) mass is 358 g/mol. The third kappa shape index (κ3) is 5.86. The number of benzene rings is 1. The van der Waals surface area contributed by atoms with Crippen molar-refractivity contribution < 1.29 is 9.59 Å². The van der Waals surface area contributed by atoms with Gasteiger partial charge in [0.25, 0.3) is 5.91 Å². The first-order valence-electron chi connectivity index (χ1n) is 10.3. The molecule has 2 rings (SSSR count). The van der Waals surface area contributed by atoms with Gasteiger partial charge in [-0.25, -0.2) is 0 Å². The van der Waals surface area contributed by atoms with E-state index in [1.807, 2.05) is 29.2 Å². The van der Waals surface area contributed by atoms with E-state index in [2.05, 4.69) is 12.2 Å². The van der Waals surface area contributed by atoms with Gasteiger partial charge < -0.3 is 10.2 Å². The Hall–Kier alpha value is -1.84. The Balaban J connectivity index is 1.71. The molecule has 1 aromatic rings. The molecule has 1 unspecified atom stereocenters. The highest BCUT2D eigenvalue weighted by Gasteiger charge is 2.36. The third-order valence-corrected chi connectivity index (χ3v) is 5.13. The van der Waals surface area contributed by atoms with Gasteiger partial charge in [0.05, 0.1) is 0 Å². The Labute approximate surface area is 158 Å². The number of anilines is 1. The Bertz CT molecular complexity index is 585. The van der Waals surface area contributed by atoms with E-state index in [4.69, 9.17) is 0 Å². The van der Waals surface area contributed by atoms with Gasteiger partial charge in [-0.1, -0.05) is 82.9 Å². The van der Waals surface area contributed by atoms with E-state index in [9.17, 15) is 9.59 Å². The minimum atomic E-state index is -0.521. The van der Waals surface area contributed by atoms with Gasteiger partial charge in [-0.15, -0.1) is 0 Å². The minimum Gasteiger partial charge on any atom is -0.341 e. The summed E-state index contributed by atoms with van der Waals surface area (Å²) in [6.07, 6.45) is 12.8. The first-order valence-corrected chi connectivity index (χ1v) is 10.3. The third-order valence-electron chi connectivity index (χ3n) is 5.13.